The van der Waals surface area contributed by atoms with E-state index in [2.05, 4.69) is 0 Å². The molecule has 1 aliphatic rings. The minimum atomic E-state index is -1.50. The quantitative estimate of drug-likeness (QED) is 0.525. The summed E-state index contributed by atoms with van der Waals surface area (Å²) in [4.78, 5) is 10.4. The van der Waals surface area contributed by atoms with Crippen LogP contribution in [0, 0.1) is 0 Å². The molecule has 5 atom stereocenters. The van der Waals surface area contributed by atoms with Crippen LogP contribution in [-0.2, 0) is 14.3 Å². The molecule has 0 aliphatic carbocycles. The molecule has 1 saturated heterocycles. The third-order valence-corrected chi connectivity index (χ3v) is 3.17. The number of hydrogen-bond acceptors (Lipinski definition) is 7. The Morgan fingerprint density at radius 3 is 2.41 bits per heavy atom. The van der Waals surface area contributed by atoms with Gasteiger partial charge in [-0.2, -0.15) is 0 Å². The molecule has 1 aliphatic heterocycles. The van der Waals surface area contributed by atoms with Gasteiger partial charge in [0.15, 0.2) is 0 Å². The number of benzene rings is 1. The molecule has 0 saturated carbocycles. The molecule has 1 aromatic rings. The Morgan fingerprint density at radius 1 is 1.09 bits per heavy atom. The second-order valence-corrected chi connectivity index (χ2v) is 4.85. The lowest BCUT2D eigenvalue weighted by atomic mass is 9.99. The van der Waals surface area contributed by atoms with Crippen molar-refractivity contribution < 1.29 is 39.4 Å². The van der Waals surface area contributed by atoms with E-state index in [4.69, 9.17) is 19.3 Å². The van der Waals surface area contributed by atoms with Gasteiger partial charge < -0.3 is 34.6 Å². The van der Waals surface area contributed by atoms with E-state index in [1.165, 1.54) is 0 Å². The van der Waals surface area contributed by atoms with Gasteiger partial charge in [0.1, 0.15) is 36.8 Å². The molecule has 1 heterocycles. The van der Waals surface area contributed by atoms with Gasteiger partial charge in [0, 0.05) is 0 Å². The van der Waals surface area contributed by atoms with E-state index in [0.29, 0.717) is 5.75 Å². The third-order valence-electron chi connectivity index (χ3n) is 3.17. The number of carbonyl (C=O) groups is 1. The first-order chi connectivity index (χ1) is 10.5. The number of ether oxygens (including phenoxy) is 3. The monoisotopic (exact) mass is 314 g/mol. The highest BCUT2D eigenvalue weighted by Crippen LogP contribution is 2.24. The fourth-order valence-corrected chi connectivity index (χ4v) is 2.05. The molecule has 0 unspecified atom stereocenters. The lowest BCUT2D eigenvalue weighted by molar-refractivity contribution is -0.279. The topological polar surface area (TPSA) is 126 Å². The van der Waals surface area contributed by atoms with Crippen molar-refractivity contribution in [3.63, 3.8) is 0 Å². The molecule has 22 heavy (non-hydrogen) atoms. The van der Waals surface area contributed by atoms with Crippen LogP contribution < -0.4 is 4.74 Å². The van der Waals surface area contributed by atoms with Gasteiger partial charge in [-0.1, -0.05) is 18.2 Å². The fourth-order valence-electron chi connectivity index (χ4n) is 2.05. The normalized spacial score (nSPS) is 31.7. The number of rotatable bonds is 6. The molecule has 0 radical (unpaired) electrons. The highest BCUT2D eigenvalue weighted by molar-refractivity contribution is 5.67. The third kappa shape index (κ3) is 4.15. The SMILES string of the molecule is O=C(O)COC[C@H]1O[C@@H](Oc2ccccc2)[C@H](O)[C@@H](O)[C@@H]1O. The summed E-state index contributed by atoms with van der Waals surface area (Å²) in [5, 5.41) is 38.1. The minimum Gasteiger partial charge on any atom is -0.480 e. The number of carboxylic acids is 1. The van der Waals surface area contributed by atoms with Crippen molar-refractivity contribution in [1.29, 1.82) is 0 Å². The Labute approximate surface area is 126 Å². The van der Waals surface area contributed by atoms with Gasteiger partial charge in [0.25, 0.3) is 0 Å². The van der Waals surface area contributed by atoms with Crippen molar-refractivity contribution in [2.24, 2.45) is 0 Å². The van der Waals surface area contributed by atoms with Gasteiger partial charge in [0.2, 0.25) is 6.29 Å². The molecule has 122 valence electrons. The number of aliphatic carboxylic acids is 1. The van der Waals surface area contributed by atoms with Crippen LogP contribution in [0.3, 0.4) is 0 Å². The Kier molecular flexibility index (Phi) is 5.69. The van der Waals surface area contributed by atoms with E-state index in [0.717, 1.165) is 0 Å². The first-order valence-corrected chi connectivity index (χ1v) is 6.70. The highest BCUT2D eigenvalue weighted by atomic mass is 16.7. The molecule has 8 nitrogen and oxygen atoms in total. The summed E-state index contributed by atoms with van der Waals surface area (Å²) in [5.41, 5.74) is 0. The Morgan fingerprint density at radius 2 is 1.77 bits per heavy atom. The summed E-state index contributed by atoms with van der Waals surface area (Å²) in [6.07, 6.45) is -6.60. The second kappa shape index (κ2) is 7.52. The smallest absolute Gasteiger partial charge is 0.329 e. The van der Waals surface area contributed by atoms with Crippen molar-refractivity contribution in [2.45, 2.75) is 30.7 Å². The average molecular weight is 314 g/mol. The predicted molar refractivity (Wildman–Crippen MR) is 72.2 cm³/mol. The first-order valence-electron chi connectivity index (χ1n) is 6.70. The van der Waals surface area contributed by atoms with Gasteiger partial charge in [-0.05, 0) is 12.1 Å². The Bertz CT molecular complexity index is 479. The van der Waals surface area contributed by atoms with Crippen LogP contribution in [0.5, 0.6) is 5.75 Å². The number of carboxylic acid groups (broad SMARTS) is 1. The molecule has 2 rings (SSSR count). The van der Waals surface area contributed by atoms with Crippen LogP contribution in [0.25, 0.3) is 0 Å². The zero-order valence-corrected chi connectivity index (χ0v) is 11.6. The summed E-state index contributed by atoms with van der Waals surface area (Å²) < 4.78 is 15.6. The summed E-state index contributed by atoms with van der Waals surface area (Å²) >= 11 is 0. The molecule has 0 spiro atoms. The minimum absolute atomic E-state index is 0.258. The van der Waals surface area contributed by atoms with Gasteiger partial charge >= 0.3 is 5.97 Å². The zero-order chi connectivity index (χ0) is 16.1. The Hall–Kier alpha value is -1.71. The average Bonchev–Trinajstić information content (AvgIpc) is 2.50. The lowest BCUT2D eigenvalue weighted by Gasteiger charge is -2.40. The molecule has 1 fully saturated rings. The highest BCUT2D eigenvalue weighted by Gasteiger charge is 2.45. The van der Waals surface area contributed by atoms with Crippen molar-refractivity contribution >= 4 is 5.97 Å². The van der Waals surface area contributed by atoms with Crippen molar-refractivity contribution in [1.82, 2.24) is 0 Å². The predicted octanol–water partition coefficient (Wildman–Crippen LogP) is -1.03. The van der Waals surface area contributed by atoms with Crippen LogP contribution in [0.4, 0.5) is 0 Å². The van der Waals surface area contributed by atoms with Crippen LogP contribution in [0.1, 0.15) is 0 Å². The van der Waals surface area contributed by atoms with E-state index in [1.807, 2.05) is 0 Å². The van der Waals surface area contributed by atoms with Gasteiger partial charge in [-0.25, -0.2) is 4.79 Å². The zero-order valence-electron chi connectivity index (χ0n) is 11.6. The van der Waals surface area contributed by atoms with E-state index < -0.39 is 43.3 Å². The molecule has 0 aromatic heterocycles. The summed E-state index contributed by atoms with van der Waals surface area (Å²) in [6, 6.07) is 8.52. The number of aliphatic hydroxyl groups is 3. The number of para-hydroxylation sites is 1. The van der Waals surface area contributed by atoms with Crippen LogP contribution in [0.2, 0.25) is 0 Å². The maximum absolute atomic E-state index is 10.4. The van der Waals surface area contributed by atoms with Gasteiger partial charge in [0.05, 0.1) is 6.61 Å². The molecule has 0 bridgehead atoms. The van der Waals surface area contributed by atoms with E-state index in [-0.39, 0.29) is 6.61 Å². The molecular formula is C14H18O8. The molecule has 0 amide bonds. The van der Waals surface area contributed by atoms with Crippen LogP contribution >= 0.6 is 0 Å². The second-order valence-electron chi connectivity index (χ2n) is 4.85. The Balaban J connectivity index is 1.99. The number of hydrogen-bond donors (Lipinski definition) is 4. The fraction of sp³-hybridized carbons (Fsp3) is 0.500. The molecule has 1 aromatic carbocycles. The standard InChI is InChI=1S/C14H18O8/c15-10(16)7-20-6-9-11(17)12(18)13(19)14(22-9)21-8-4-2-1-3-5-8/h1-5,9,11-14,17-19H,6-7H2,(H,15,16)/t9-,11-,12+,13-,14-/m1/s1. The molecular weight excluding hydrogens is 296 g/mol. The summed E-state index contributed by atoms with van der Waals surface area (Å²) in [5.74, 6) is -0.747. The van der Waals surface area contributed by atoms with Gasteiger partial charge in [-0.15, -0.1) is 0 Å². The number of aliphatic hydroxyl groups excluding tert-OH is 3. The molecule has 4 N–H and O–H groups in total. The van der Waals surface area contributed by atoms with E-state index in [1.54, 1.807) is 30.3 Å². The van der Waals surface area contributed by atoms with Crippen molar-refractivity contribution in [3.8, 4) is 5.75 Å². The summed E-state index contributed by atoms with van der Waals surface area (Å²) in [6.45, 7) is -0.818. The van der Waals surface area contributed by atoms with Gasteiger partial charge in [-0.3, -0.25) is 0 Å². The largest absolute Gasteiger partial charge is 0.480 e. The van der Waals surface area contributed by atoms with Crippen LogP contribution in [-0.4, -0.2) is 70.3 Å². The molecule has 8 heteroatoms. The maximum Gasteiger partial charge on any atom is 0.329 e. The maximum atomic E-state index is 10.4. The van der Waals surface area contributed by atoms with E-state index in [9.17, 15) is 20.1 Å². The van der Waals surface area contributed by atoms with E-state index >= 15 is 0 Å². The summed E-state index contributed by atoms with van der Waals surface area (Å²) in [7, 11) is 0. The lowest BCUT2D eigenvalue weighted by Crippen LogP contribution is -2.60. The van der Waals surface area contributed by atoms with Crippen molar-refractivity contribution in [2.75, 3.05) is 13.2 Å². The van der Waals surface area contributed by atoms with Crippen LogP contribution in [0.15, 0.2) is 30.3 Å². The first kappa shape index (κ1) is 16.7. The van der Waals surface area contributed by atoms with Crippen molar-refractivity contribution in [3.05, 3.63) is 30.3 Å².